The summed E-state index contributed by atoms with van der Waals surface area (Å²) in [6, 6.07) is 10.1. The molecule has 1 aromatic carbocycles. The van der Waals surface area contributed by atoms with Crippen molar-refractivity contribution in [1.82, 2.24) is 14.8 Å². The topological polar surface area (TPSA) is 43.9 Å². The maximum Gasteiger partial charge on any atom is 0.192 e. The van der Waals surface area contributed by atoms with Crippen molar-refractivity contribution in [1.29, 1.82) is 0 Å². The molecule has 0 aliphatic carbocycles. The highest BCUT2D eigenvalue weighted by molar-refractivity contribution is 7.98. The lowest BCUT2D eigenvalue weighted by Gasteiger charge is -2.13. The number of benzene rings is 1. The Hall–Kier alpha value is -1.72. The third kappa shape index (κ3) is 3.46. The van der Waals surface area contributed by atoms with E-state index < -0.39 is 0 Å². The molecule has 3 aromatic rings. The van der Waals surface area contributed by atoms with Crippen molar-refractivity contribution in [2.45, 2.75) is 37.7 Å². The summed E-state index contributed by atoms with van der Waals surface area (Å²) in [4.78, 5) is 0. The fourth-order valence-corrected chi connectivity index (χ4v) is 3.64. The Bertz CT molecular complexity index is 810. The average Bonchev–Trinajstić information content (AvgIpc) is 3.10. The second-order valence-corrected chi connectivity index (χ2v) is 6.96. The van der Waals surface area contributed by atoms with E-state index in [9.17, 15) is 0 Å². The van der Waals surface area contributed by atoms with Crippen LogP contribution in [0.4, 0.5) is 0 Å². The lowest BCUT2D eigenvalue weighted by molar-refractivity contribution is 0.531. The van der Waals surface area contributed by atoms with Gasteiger partial charge in [0.15, 0.2) is 11.0 Å². The number of aromatic nitrogens is 3. The van der Waals surface area contributed by atoms with Crippen molar-refractivity contribution in [3.63, 3.8) is 0 Å². The molecule has 23 heavy (non-hydrogen) atoms. The summed E-state index contributed by atoms with van der Waals surface area (Å²) in [6.07, 6.45) is 1.68. The number of halogens is 1. The van der Waals surface area contributed by atoms with Crippen molar-refractivity contribution >= 4 is 23.4 Å². The molecule has 0 spiro atoms. The molecular weight excluding hydrogens is 330 g/mol. The highest BCUT2D eigenvalue weighted by atomic mass is 35.5. The number of rotatable bonds is 5. The van der Waals surface area contributed by atoms with Gasteiger partial charge in [0, 0.05) is 16.8 Å². The van der Waals surface area contributed by atoms with Crippen LogP contribution >= 0.6 is 23.4 Å². The summed E-state index contributed by atoms with van der Waals surface area (Å²) < 4.78 is 7.55. The van der Waals surface area contributed by atoms with Gasteiger partial charge in [-0.25, -0.2) is 0 Å². The largest absolute Gasteiger partial charge is 0.469 e. The van der Waals surface area contributed by atoms with E-state index in [1.807, 2.05) is 31.2 Å². The summed E-state index contributed by atoms with van der Waals surface area (Å²) in [5, 5.41) is 10.4. The molecule has 0 N–H and O–H groups in total. The zero-order valence-electron chi connectivity index (χ0n) is 13.3. The van der Waals surface area contributed by atoms with E-state index in [0.717, 1.165) is 33.1 Å². The van der Waals surface area contributed by atoms with Gasteiger partial charge in [0.2, 0.25) is 0 Å². The number of hydrogen-bond acceptors (Lipinski definition) is 4. The van der Waals surface area contributed by atoms with Crippen LogP contribution in [0.1, 0.15) is 31.2 Å². The van der Waals surface area contributed by atoms with Crippen molar-refractivity contribution in [2.75, 3.05) is 0 Å². The predicted octanol–water partition coefficient (Wildman–Crippen LogP) is 5.37. The van der Waals surface area contributed by atoms with Gasteiger partial charge < -0.3 is 4.42 Å². The van der Waals surface area contributed by atoms with Gasteiger partial charge in [0.05, 0.1) is 11.8 Å². The minimum atomic E-state index is 0.260. The minimum Gasteiger partial charge on any atom is -0.469 e. The molecular formula is C17H18ClN3OS. The van der Waals surface area contributed by atoms with Crippen LogP contribution in [0.5, 0.6) is 0 Å². The zero-order valence-corrected chi connectivity index (χ0v) is 14.9. The maximum absolute atomic E-state index is 6.04. The predicted molar refractivity (Wildman–Crippen MR) is 93.9 cm³/mol. The standard InChI is InChI=1S/C17H18ClN3OS/c1-11(2)21-16(15-7-8-22-12(15)3)19-20-17(21)23-10-13-5-4-6-14(18)9-13/h4-9,11H,10H2,1-3H3. The Kier molecular flexibility index (Phi) is 4.78. The van der Waals surface area contributed by atoms with E-state index in [-0.39, 0.29) is 6.04 Å². The molecule has 4 nitrogen and oxygen atoms in total. The molecule has 3 rings (SSSR count). The monoisotopic (exact) mass is 347 g/mol. The van der Waals surface area contributed by atoms with Crippen LogP contribution in [0, 0.1) is 6.92 Å². The van der Waals surface area contributed by atoms with Crippen LogP contribution < -0.4 is 0 Å². The SMILES string of the molecule is Cc1occc1-c1nnc(SCc2cccc(Cl)c2)n1C(C)C. The summed E-state index contributed by atoms with van der Waals surface area (Å²) in [7, 11) is 0. The number of furan rings is 1. The molecule has 2 heterocycles. The molecule has 0 saturated heterocycles. The smallest absolute Gasteiger partial charge is 0.192 e. The van der Waals surface area contributed by atoms with Gasteiger partial charge in [-0.15, -0.1) is 10.2 Å². The molecule has 0 amide bonds. The van der Waals surface area contributed by atoms with Crippen molar-refractivity contribution in [2.24, 2.45) is 0 Å². The lowest BCUT2D eigenvalue weighted by atomic mass is 10.2. The van der Waals surface area contributed by atoms with Gasteiger partial charge in [0.25, 0.3) is 0 Å². The maximum atomic E-state index is 6.04. The molecule has 6 heteroatoms. The molecule has 0 saturated carbocycles. The molecule has 0 unspecified atom stereocenters. The molecule has 0 atom stereocenters. The van der Waals surface area contributed by atoms with E-state index in [2.05, 4.69) is 34.7 Å². The van der Waals surface area contributed by atoms with E-state index in [0.29, 0.717) is 0 Å². The molecule has 0 aliphatic rings. The molecule has 0 bridgehead atoms. The quantitative estimate of drug-likeness (QED) is 0.582. The van der Waals surface area contributed by atoms with Crippen molar-refractivity contribution in [3.05, 3.63) is 52.9 Å². The van der Waals surface area contributed by atoms with Gasteiger partial charge in [0.1, 0.15) is 5.76 Å². The zero-order chi connectivity index (χ0) is 16.4. The van der Waals surface area contributed by atoms with Gasteiger partial charge in [-0.1, -0.05) is 35.5 Å². The Morgan fingerprint density at radius 2 is 2.09 bits per heavy atom. The first-order chi connectivity index (χ1) is 11.1. The molecule has 0 aliphatic heterocycles. The Labute approximate surface area is 144 Å². The minimum absolute atomic E-state index is 0.260. The van der Waals surface area contributed by atoms with Crippen LogP contribution in [-0.2, 0) is 5.75 Å². The van der Waals surface area contributed by atoms with Crippen molar-refractivity contribution < 1.29 is 4.42 Å². The Balaban J connectivity index is 1.88. The van der Waals surface area contributed by atoms with E-state index in [1.54, 1.807) is 18.0 Å². The normalized spacial score (nSPS) is 11.3. The Morgan fingerprint density at radius 1 is 1.26 bits per heavy atom. The highest BCUT2D eigenvalue weighted by Gasteiger charge is 2.19. The van der Waals surface area contributed by atoms with Gasteiger partial charge >= 0.3 is 0 Å². The summed E-state index contributed by atoms with van der Waals surface area (Å²) in [5.41, 5.74) is 2.16. The fourth-order valence-electron chi connectivity index (χ4n) is 2.42. The fraction of sp³-hybridized carbons (Fsp3) is 0.294. The molecule has 2 aromatic heterocycles. The van der Waals surface area contributed by atoms with Crippen LogP contribution in [0.15, 0.2) is 46.2 Å². The van der Waals surface area contributed by atoms with Crippen LogP contribution in [0.3, 0.4) is 0 Å². The summed E-state index contributed by atoms with van der Waals surface area (Å²) in [5.74, 6) is 2.50. The third-order valence-electron chi connectivity index (χ3n) is 3.54. The first-order valence-electron chi connectivity index (χ1n) is 7.43. The number of hydrogen-bond donors (Lipinski definition) is 0. The molecule has 0 radical (unpaired) electrons. The van der Waals surface area contributed by atoms with Gasteiger partial charge in [-0.05, 0) is 44.5 Å². The second-order valence-electron chi connectivity index (χ2n) is 5.58. The first kappa shape index (κ1) is 16.1. The third-order valence-corrected chi connectivity index (χ3v) is 4.79. The lowest BCUT2D eigenvalue weighted by Crippen LogP contribution is -2.05. The van der Waals surface area contributed by atoms with E-state index in [4.69, 9.17) is 16.0 Å². The van der Waals surface area contributed by atoms with Crippen LogP contribution in [-0.4, -0.2) is 14.8 Å². The Morgan fingerprint density at radius 3 is 2.74 bits per heavy atom. The summed E-state index contributed by atoms with van der Waals surface area (Å²) >= 11 is 7.71. The first-order valence-corrected chi connectivity index (χ1v) is 8.79. The average molecular weight is 348 g/mol. The van der Waals surface area contributed by atoms with Crippen LogP contribution in [0.2, 0.25) is 5.02 Å². The number of thioether (sulfide) groups is 1. The van der Waals surface area contributed by atoms with Crippen LogP contribution in [0.25, 0.3) is 11.4 Å². The van der Waals surface area contributed by atoms with E-state index >= 15 is 0 Å². The molecule has 120 valence electrons. The van der Waals surface area contributed by atoms with Gasteiger partial charge in [-0.2, -0.15) is 0 Å². The second kappa shape index (κ2) is 6.81. The van der Waals surface area contributed by atoms with E-state index in [1.165, 1.54) is 5.56 Å². The molecule has 0 fully saturated rings. The van der Waals surface area contributed by atoms with Gasteiger partial charge in [-0.3, -0.25) is 4.57 Å². The van der Waals surface area contributed by atoms with Crippen molar-refractivity contribution in [3.8, 4) is 11.4 Å². The summed E-state index contributed by atoms with van der Waals surface area (Å²) in [6.45, 7) is 6.20. The number of nitrogens with zero attached hydrogens (tertiary/aromatic N) is 3. The number of aryl methyl sites for hydroxylation is 1. The highest BCUT2D eigenvalue weighted by Crippen LogP contribution is 2.31.